The largest absolute Gasteiger partial charge is 1.00 e. The van der Waals surface area contributed by atoms with E-state index in [1.54, 1.807) is 7.11 Å². The summed E-state index contributed by atoms with van der Waals surface area (Å²) in [5, 5.41) is 3.49. The third-order valence-electron chi connectivity index (χ3n) is 2.73. The van der Waals surface area contributed by atoms with Crippen molar-refractivity contribution in [2.45, 2.75) is 32.4 Å². The SMILES string of the molecule is CCOc1c(CNC2CC2)cccc1OC.[Cl-]. The molecule has 0 radical (unpaired) electrons. The Balaban J connectivity index is 0.00000144. The number of benzene rings is 1. The molecule has 0 saturated heterocycles. The molecule has 0 spiro atoms. The van der Waals surface area contributed by atoms with Gasteiger partial charge in [-0.25, -0.2) is 0 Å². The lowest BCUT2D eigenvalue weighted by Gasteiger charge is -2.14. The highest BCUT2D eigenvalue weighted by atomic mass is 35.5. The summed E-state index contributed by atoms with van der Waals surface area (Å²) in [5.74, 6) is 1.69. The fraction of sp³-hybridized carbons (Fsp3) is 0.538. The van der Waals surface area contributed by atoms with Crippen LogP contribution in [0.15, 0.2) is 18.2 Å². The number of ether oxygens (including phenoxy) is 2. The quantitative estimate of drug-likeness (QED) is 0.734. The zero-order valence-corrected chi connectivity index (χ0v) is 11.1. The van der Waals surface area contributed by atoms with Crippen LogP contribution in [0.1, 0.15) is 25.3 Å². The predicted octanol–water partition coefficient (Wildman–Crippen LogP) is -0.650. The van der Waals surface area contributed by atoms with Crippen LogP contribution in [0.5, 0.6) is 11.5 Å². The minimum atomic E-state index is 0. The second-order valence-electron chi connectivity index (χ2n) is 4.04. The van der Waals surface area contributed by atoms with Gasteiger partial charge in [-0.05, 0) is 25.8 Å². The van der Waals surface area contributed by atoms with Crippen LogP contribution in [0.4, 0.5) is 0 Å². The Hall–Kier alpha value is -0.930. The normalized spacial score (nSPS) is 14.0. The summed E-state index contributed by atoms with van der Waals surface area (Å²) in [7, 11) is 1.68. The van der Waals surface area contributed by atoms with Gasteiger partial charge in [0.2, 0.25) is 0 Å². The van der Waals surface area contributed by atoms with Crippen LogP contribution in [0.3, 0.4) is 0 Å². The molecule has 0 amide bonds. The maximum atomic E-state index is 5.65. The molecule has 1 aliphatic rings. The monoisotopic (exact) mass is 256 g/mol. The van der Waals surface area contributed by atoms with Crippen LogP contribution in [0.2, 0.25) is 0 Å². The van der Waals surface area contributed by atoms with Crippen molar-refractivity contribution in [1.82, 2.24) is 5.32 Å². The third kappa shape index (κ3) is 3.79. The summed E-state index contributed by atoms with van der Waals surface area (Å²) < 4.78 is 11.0. The highest BCUT2D eigenvalue weighted by molar-refractivity contribution is 5.46. The van der Waals surface area contributed by atoms with Crippen LogP contribution < -0.4 is 27.2 Å². The zero-order chi connectivity index (χ0) is 11.4. The predicted molar refractivity (Wildman–Crippen MR) is 64.0 cm³/mol. The molecule has 0 bridgehead atoms. The molecular formula is C13H19ClNO2-. The summed E-state index contributed by atoms with van der Waals surface area (Å²) in [6.45, 7) is 3.51. The number of hydrogen-bond donors (Lipinski definition) is 1. The van der Waals surface area contributed by atoms with Gasteiger partial charge in [0.05, 0.1) is 13.7 Å². The lowest BCUT2D eigenvalue weighted by molar-refractivity contribution is -0.00000410. The molecule has 1 N–H and O–H groups in total. The van der Waals surface area contributed by atoms with Gasteiger partial charge in [0.15, 0.2) is 11.5 Å². The van der Waals surface area contributed by atoms with E-state index in [0.29, 0.717) is 12.6 Å². The Labute approximate surface area is 109 Å². The molecule has 0 atom stereocenters. The highest BCUT2D eigenvalue weighted by Gasteiger charge is 2.21. The molecule has 1 aromatic rings. The third-order valence-corrected chi connectivity index (χ3v) is 2.73. The lowest BCUT2D eigenvalue weighted by Crippen LogP contribution is -3.00. The first-order chi connectivity index (χ1) is 7.85. The molecule has 2 rings (SSSR count). The fourth-order valence-electron chi connectivity index (χ4n) is 1.71. The van der Waals surface area contributed by atoms with Crippen LogP contribution in [0, 0.1) is 0 Å². The summed E-state index contributed by atoms with van der Waals surface area (Å²) in [6, 6.07) is 6.74. The molecule has 0 unspecified atom stereocenters. The number of rotatable bonds is 6. The Morgan fingerprint density at radius 3 is 2.71 bits per heavy atom. The number of methoxy groups -OCH3 is 1. The molecule has 1 aliphatic carbocycles. The smallest absolute Gasteiger partial charge is 0.165 e. The second kappa shape index (κ2) is 6.72. The first-order valence-corrected chi connectivity index (χ1v) is 5.87. The Morgan fingerprint density at radius 2 is 2.12 bits per heavy atom. The minimum absolute atomic E-state index is 0. The maximum absolute atomic E-state index is 5.65. The molecule has 4 heteroatoms. The van der Waals surface area contributed by atoms with Gasteiger partial charge in [0.1, 0.15) is 0 Å². The number of nitrogens with one attached hydrogen (secondary N) is 1. The van der Waals surface area contributed by atoms with Gasteiger partial charge in [0, 0.05) is 18.2 Å². The van der Waals surface area contributed by atoms with Crippen molar-refractivity contribution in [3.63, 3.8) is 0 Å². The molecule has 1 fully saturated rings. The van der Waals surface area contributed by atoms with Crippen molar-refractivity contribution in [1.29, 1.82) is 0 Å². The van der Waals surface area contributed by atoms with Gasteiger partial charge in [-0.15, -0.1) is 0 Å². The van der Waals surface area contributed by atoms with Gasteiger partial charge < -0.3 is 27.2 Å². The molecular weight excluding hydrogens is 238 g/mol. The fourth-order valence-corrected chi connectivity index (χ4v) is 1.71. The van der Waals surface area contributed by atoms with Gasteiger partial charge >= 0.3 is 0 Å². The summed E-state index contributed by atoms with van der Waals surface area (Å²) >= 11 is 0. The number of para-hydroxylation sites is 1. The molecule has 17 heavy (non-hydrogen) atoms. The van der Waals surface area contributed by atoms with Crippen molar-refractivity contribution in [2.24, 2.45) is 0 Å². The number of halogens is 1. The van der Waals surface area contributed by atoms with E-state index in [9.17, 15) is 0 Å². The van der Waals surface area contributed by atoms with E-state index >= 15 is 0 Å². The van der Waals surface area contributed by atoms with Gasteiger partial charge in [-0.2, -0.15) is 0 Å². The molecule has 96 valence electrons. The van der Waals surface area contributed by atoms with E-state index in [4.69, 9.17) is 9.47 Å². The maximum Gasteiger partial charge on any atom is 0.165 e. The molecule has 1 aromatic carbocycles. The first-order valence-electron chi connectivity index (χ1n) is 5.87. The minimum Gasteiger partial charge on any atom is -1.00 e. The Bertz CT molecular complexity index is 353. The van der Waals surface area contributed by atoms with Crippen LogP contribution in [-0.4, -0.2) is 19.8 Å². The average molecular weight is 257 g/mol. The topological polar surface area (TPSA) is 30.5 Å². The highest BCUT2D eigenvalue weighted by Crippen LogP contribution is 2.31. The number of hydrogen-bond acceptors (Lipinski definition) is 3. The van der Waals surface area contributed by atoms with Crippen LogP contribution in [0.25, 0.3) is 0 Å². The van der Waals surface area contributed by atoms with Crippen LogP contribution in [-0.2, 0) is 6.54 Å². The molecule has 1 saturated carbocycles. The van der Waals surface area contributed by atoms with Crippen molar-refractivity contribution >= 4 is 0 Å². The molecule has 0 aromatic heterocycles. The van der Waals surface area contributed by atoms with Gasteiger partial charge in [0.25, 0.3) is 0 Å². The summed E-state index contributed by atoms with van der Waals surface area (Å²) in [4.78, 5) is 0. The van der Waals surface area contributed by atoms with E-state index in [-0.39, 0.29) is 12.4 Å². The average Bonchev–Trinajstić information content (AvgIpc) is 3.12. The first kappa shape index (κ1) is 14.1. The molecule has 0 heterocycles. The second-order valence-corrected chi connectivity index (χ2v) is 4.04. The van der Waals surface area contributed by atoms with Crippen molar-refractivity contribution < 1.29 is 21.9 Å². The van der Waals surface area contributed by atoms with Gasteiger partial charge in [-0.3, -0.25) is 0 Å². The summed E-state index contributed by atoms with van der Waals surface area (Å²) in [5.41, 5.74) is 1.17. The van der Waals surface area contributed by atoms with E-state index < -0.39 is 0 Å². The van der Waals surface area contributed by atoms with E-state index in [1.165, 1.54) is 18.4 Å². The van der Waals surface area contributed by atoms with Crippen molar-refractivity contribution in [3.8, 4) is 11.5 Å². The standard InChI is InChI=1S/C13H19NO2.ClH/c1-3-16-13-10(9-14-11-7-8-11)5-4-6-12(13)15-2;/h4-6,11,14H,3,7-9H2,1-2H3;1H/p-1. The molecule has 0 aliphatic heterocycles. The van der Waals surface area contributed by atoms with Crippen molar-refractivity contribution in [3.05, 3.63) is 23.8 Å². The molecule has 3 nitrogen and oxygen atoms in total. The van der Waals surface area contributed by atoms with Crippen LogP contribution >= 0.6 is 0 Å². The lowest BCUT2D eigenvalue weighted by atomic mass is 10.2. The van der Waals surface area contributed by atoms with E-state index in [2.05, 4.69) is 11.4 Å². The zero-order valence-electron chi connectivity index (χ0n) is 10.3. The van der Waals surface area contributed by atoms with E-state index in [0.717, 1.165) is 18.0 Å². The Morgan fingerprint density at radius 1 is 1.35 bits per heavy atom. The van der Waals surface area contributed by atoms with Gasteiger partial charge in [-0.1, -0.05) is 12.1 Å². The summed E-state index contributed by atoms with van der Waals surface area (Å²) in [6.07, 6.45) is 2.60. The Kier molecular flexibility index (Phi) is 5.59. The van der Waals surface area contributed by atoms with E-state index in [1.807, 2.05) is 19.1 Å². The van der Waals surface area contributed by atoms with Crippen molar-refractivity contribution in [2.75, 3.05) is 13.7 Å².